The molecule has 1 aromatic rings. The van der Waals surface area contributed by atoms with E-state index in [4.69, 9.17) is 9.47 Å². The van der Waals surface area contributed by atoms with E-state index in [-0.39, 0.29) is 5.91 Å². The fourth-order valence-electron chi connectivity index (χ4n) is 3.28. The molecule has 1 heterocycles. The van der Waals surface area contributed by atoms with Crippen molar-refractivity contribution in [3.05, 3.63) is 29.8 Å². The number of methoxy groups -OCH3 is 1. The van der Waals surface area contributed by atoms with Gasteiger partial charge in [0.05, 0.1) is 7.11 Å². The quantitative estimate of drug-likeness (QED) is 0.921. The van der Waals surface area contributed by atoms with E-state index in [1.54, 1.807) is 7.11 Å². The molecule has 3 rings (SSSR count). The maximum atomic E-state index is 12.3. The highest BCUT2D eigenvalue weighted by atomic mass is 16.5. The second-order valence-electron chi connectivity index (χ2n) is 5.77. The number of amides is 1. The summed E-state index contributed by atoms with van der Waals surface area (Å²) in [5.74, 6) is 0.786. The van der Waals surface area contributed by atoms with Gasteiger partial charge in [0.1, 0.15) is 5.75 Å². The van der Waals surface area contributed by atoms with Gasteiger partial charge in [-0.2, -0.15) is 0 Å². The molecule has 1 atom stereocenters. The molecule has 1 saturated heterocycles. The highest BCUT2D eigenvalue weighted by Crippen LogP contribution is 2.48. The summed E-state index contributed by atoms with van der Waals surface area (Å²) in [6.45, 7) is 1.66. The van der Waals surface area contributed by atoms with Gasteiger partial charge in [0.15, 0.2) is 0 Å². The second kappa shape index (κ2) is 5.44. The molecule has 1 aliphatic carbocycles. The van der Waals surface area contributed by atoms with Crippen molar-refractivity contribution < 1.29 is 14.3 Å². The third-order valence-electron chi connectivity index (χ3n) is 4.82. The van der Waals surface area contributed by atoms with Gasteiger partial charge in [0.25, 0.3) is 5.91 Å². The Labute approximate surface area is 119 Å². The lowest BCUT2D eigenvalue weighted by atomic mass is 9.60. The standard InChI is InChI=1S/C16H21NO3/c1-19-13-4-2-12(3-5-13)15(18)17-14-6-7-16(14)8-10-20-11-9-16/h2-5,14H,6-11H2,1H3,(H,17,18). The minimum atomic E-state index is 0.0169. The normalized spacial score (nSPS) is 23.9. The molecule has 1 saturated carbocycles. The molecule has 0 radical (unpaired) electrons. The molecule has 1 aromatic carbocycles. The van der Waals surface area contributed by atoms with Crippen LogP contribution >= 0.6 is 0 Å². The van der Waals surface area contributed by atoms with E-state index in [2.05, 4.69) is 5.32 Å². The van der Waals surface area contributed by atoms with Gasteiger partial charge >= 0.3 is 0 Å². The summed E-state index contributed by atoms with van der Waals surface area (Å²) >= 11 is 0. The van der Waals surface area contributed by atoms with Crippen LogP contribution in [-0.2, 0) is 4.74 Å². The van der Waals surface area contributed by atoms with E-state index in [1.165, 1.54) is 6.42 Å². The second-order valence-corrected chi connectivity index (χ2v) is 5.77. The average Bonchev–Trinajstić information content (AvgIpc) is 2.52. The highest BCUT2D eigenvalue weighted by molar-refractivity contribution is 5.94. The molecule has 2 aliphatic rings. The Morgan fingerprint density at radius 3 is 2.50 bits per heavy atom. The van der Waals surface area contributed by atoms with Crippen LogP contribution in [0.15, 0.2) is 24.3 Å². The molecule has 2 fully saturated rings. The van der Waals surface area contributed by atoms with Crippen molar-refractivity contribution in [3.8, 4) is 5.75 Å². The smallest absolute Gasteiger partial charge is 0.251 e. The first-order valence-electron chi connectivity index (χ1n) is 7.26. The molecule has 20 heavy (non-hydrogen) atoms. The molecule has 1 spiro atoms. The first kappa shape index (κ1) is 13.4. The number of ether oxygens (including phenoxy) is 2. The largest absolute Gasteiger partial charge is 0.497 e. The summed E-state index contributed by atoms with van der Waals surface area (Å²) in [5.41, 5.74) is 0.986. The maximum absolute atomic E-state index is 12.3. The van der Waals surface area contributed by atoms with Crippen molar-refractivity contribution >= 4 is 5.91 Å². The number of carbonyl (C=O) groups is 1. The summed E-state index contributed by atoms with van der Waals surface area (Å²) in [4.78, 5) is 12.3. The van der Waals surface area contributed by atoms with Crippen LogP contribution in [0.2, 0.25) is 0 Å². The van der Waals surface area contributed by atoms with Gasteiger partial charge in [-0.25, -0.2) is 0 Å². The van der Waals surface area contributed by atoms with E-state index in [1.807, 2.05) is 24.3 Å². The minimum absolute atomic E-state index is 0.0169. The monoisotopic (exact) mass is 275 g/mol. The number of hydrogen-bond donors (Lipinski definition) is 1. The number of nitrogens with one attached hydrogen (secondary N) is 1. The Morgan fingerprint density at radius 2 is 1.95 bits per heavy atom. The van der Waals surface area contributed by atoms with E-state index in [0.717, 1.165) is 38.2 Å². The Hall–Kier alpha value is -1.55. The zero-order valence-corrected chi connectivity index (χ0v) is 11.9. The van der Waals surface area contributed by atoms with Crippen molar-refractivity contribution in [2.45, 2.75) is 31.7 Å². The van der Waals surface area contributed by atoms with Crippen LogP contribution in [0.3, 0.4) is 0 Å². The van der Waals surface area contributed by atoms with Gasteiger partial charge in [0.2, 0.25) is 0 Å². The SMILES string of the molecule is COc1ccc(C(=O)NC2CCC23CCOCC3)cc1. The van der Waals surface area contributed by atoms with Crippen molar-refractivity contribution in [2.75, 3.05) is 20.3 Å². The van der Waals surface area contributed by atoms with Crippen LogP contribution in [0.5, 0.6) is 5.75 Å². The molecule has 4 heteroatoms. The van der Waals surface area contributed by atoms with Crippen molar-refractivity contribution in [3.63, 3.8) is 0 Å². The first-order valence-corrected chi connectivity index (χ1v) is 7.26. The van der Waals surface area contributed by atoms with Crippen molar-refractivity contribution in [1.29, 1.82) is 0 Å². The molecule has 1 amide bonds. The Kier molecular flexibility index (Phi) is 3.66. The lowest BCUT2D eigenvalue weighted by Crippen LogP contribution is -2.57. The average molecular weight is 275 g/mol. The topological polar surface area (TPSA) is 47.6 Å². The third kappa shape index (κ3) is 2.40. The summed E-state index contributed by atoms with van der Waals surface area (Å²) < 4.78 is 10.5. The van der Waals surface area contributed by atoms with E-state index in [9.17, 15) is 4.79 Å². The van der Waals surface area contributed by atoms with Gasteiger partial charge in [-0.1, -0.05) is 0 Å². The fraction of sp³-hybridized carbons (Fsp3) is 0.562. The van der Waals surface area contributed by atoms with E-state index >= 15 is 0 Å². The molecular weight excluding hydrogens is 254 g/mol. The molecule has 1 aliphatic heterocycles. The Balaban J connectivity index is 1.63. The molecule has 1 unspecified atom stereocenters. The lowest BCUT2D eigenvalue weighted by molar-refractivity contribution is -0.0523. The fourth-order valence-corrected chi connectivity index (χ4v) is 3.28. The van der Waals surface area contributed by atoms with Crippen LogP contribution in [0, 0.1) is 5.41 Å². The highest BCUT2D eigenvalue weighted by Gasteiger charge is 2.47. The molecule has 0 bridgehead atoms. The zero-order chi connectivity index (χ0) is 14.0. The van der Waals surface area contributed by atoms with Crippen LogP contribution in [0.25, 0.3) is 0 Å². The summed E-state index contributed by atoms with van der Waals surface area (Å²) in [5, 5.41) is 3.20. The van der Waals surface area contributed by atoms with Crippen LogP contribution in [0.4, 0.5) is 0 Å². The summed E-state index contributed by atoms with van der Waals surface area (Å²) in [6, 6.07) is 7.56. The molecule has 0 aromatic heterocycles. The first-order chi connectivity index (χ1) is 9.73. The van der Waals surface area contributed by atoms with Crippen molar-refractivity contribution in [1.82, 2.24) is 5.32 Å². The van der Waals surface area contributed by atoms with E-state index < -0.39 is 0 Å². The van der Waals surface area contributed by atoms with Gasteiger partial charge in [-0.05, 0) is 55.4 Å². The molecule has 4 nitrogen and oxygen atoms in total. The minimum Gasteiger partial charge on any atom is -0.497 e. The zero-order valence-electron chi connectivity index (χ0n) is 11.9. The van der Waals surface area contributed by atoms with Crippen LogP contribution in [0.1, 0.15) is 36.0 Å². The van der Waals surface area contributed by atoms with Gasteiger partial charge in [-0.3, -0.25) is 4.79 Å². The third-order valence-corrected chi connectivity index (χ3v) is 4.82. The summed E-state index contributed by atoms with van der Waals surface area (Å²) in [6.07, 6.45) is 4.44. The maximum Gasteiger partial charge on any atom is 0.251 e. The number of carbonyl (C=O) groups excluding carboxylic acids is 1. The van der Waals surface area contributed by atoms with Gasteiger partial charge in [0, 0.05) is 24.8 Å². The van der Waals surface area contributed by atoms with Gasteiger partial charge in [-0.15, -0.1) is 0 Å². The molecule has 1 N–H and O–H groups in total. The van der Waals surface area contributed by atoms with Crippen molar-refractivity contribution in [2.24, 2.45) is 5.41 Å². The van der Waals surface area contributed by atoms with E-state index in [0.29, 0.717) is 17.0 Å². The summed E-state index contributed by atoms with van der Waals surface area (Å²) in [7, 11) is 1.62. The Bertz CT molecular complexity index is 477. The number of hydrogen-bond acceptors (Lipinski definition) is 3. The predicted octanol–water partition coefficient (Wildman–Crippen LogP) is 2.38. The number of rotatable bonds is 3. The predicted molar refractivity (Wildman–Crippen MR) is 76.0 cm³/mol. The number of benzene rings is 1. The van der Waals surface area contributed by atoms with Crippen LogP contribution < -0.4 is 10.1 Å². The van der Waals surface area contributed by atoms with Crippen LogP contribution in [-0.4, -0.2) is 32.3 Å². The molecular formula is C16H21NO3. The van der Waals surface area contributed by atoms with Gasteiger partial charge < -0.3 is 14.8 Å². The Morgan fingerprint density at radius 1 is 1.25 bits per heavy atom. The molecule has 108 valence electrons. The lowest BCUT2D eigenvalue weighted by Gasteiger charge is -2.52.